The highest BCUT2D eigenvalue weighted by molar-refractivity contribution is 6.06. The molecule has 0 aromatic heterocycles. The van der Waals surface area contributed by atoms with Crippen LogP contribution in [0.3, 0.4) is 0 Å². The van der Waals surface area contributed by atoms with E-state index in [0.717, 1.165) is 5.71 Å². The number of aryl methyl sites for hydroxylation is 1. The molecule has 2 atom stereocenters. The van der Waals surface area contributed by atoms with Crippen LogP contribution in [0.2, 0.25) is 0 Å². The van der Waals surface area contributed by atoms with Crippen LogP contribution in [0, 0.1) is 6.92 Å². The fourth-order valence-corrected chi connectivity index (χ4v) is 3.11. The Bertz CT molecular complexity index is 754. The number of hydrogen-bond acceptors (Lipinski definition) is 2. The molecular weight excluding hydrogens is 268 g/mol. The summed E-state index contributed by atoms with van der Waals surface area (Å²) in [5.74, 6) is 0. The number of anilines is 1. The zero-order valence-electron chi connectivity index (χ0n) is 12.6. The highest BCUT2D eigenvalue weighted by Crippen LogP contribution is 2.37. The number of para-hydroxylation sites is 1. The number of rotatable bonds is 2. The first-order valence-electron chi connectivity index (χ1n) is 7.65. The summed E-state index contributed by atoms with van der Waals surface area (Å²) >= 11 is 0. The van der Waals surface area contributed by atoms with Gasteiger partial charge in [0.25, 0.3) is 0 Å². The molecule has 2 unspecified atom stereocenters. The third-order valence-corrected chi connectivity index (χ3v) is 4.24. The van der Waals surface area contributed by atoms with Gasteiger partial charge in [-0.25, -0.2) is 0 Å². The summed E-state index contributed by atoms with van der Waals surface area (Å²) in [6, 6.07) is 19.5. The van der Waals surface area contributed by atoms with Gasteiger partial charge in [-0.3, -0.25) is 4.99 Å². The third-order valence-electron chi connectivity index (χ3n) is 4.24. The van der Waals surface area contributed by atoms with E-state index in [9.17, 15) is 0 Å². The fourth-order valence-electron chi connectivity index (χ4n) is 3.11. The van der Waals surface area contributed by atoms with Gasteiger partial charge in [-0.15, -0.1) is 0 Å². The van der Waals surface area contributed by atoms with Crippen LogP contribution in [0.25, 0.3) is 0 Å². The van der Waals surface area contributed by atoms with E-state index in [0.29, 0.717) is 0 Å². The molecule has 0 radical (unpaired) electrons. The molecule has 2 heteroatoms. The molecule has 0 saturated carbocycles. The van der Waals surface area contributed by atoms with Crippen LogP contribution >= 0.6 is 0 Å². The topological polar surface area (TPSA) is 15.6 Å². The second-order valence-corrected chi connectivity index (χ2v) is 5.77. The Hall–Kier alpha value is -2.61. The maximum Gasteiger partial charge on any atom is 0.148 e. The zero-order chi connectivity index (χ0) is 14.9. The molecule has 0 bridgehead atoms. The van der Waals surface area contributed by atoms with E-state index in [1.165, 1.54) is 16.8 Å². The molecule has 22 heavy (non-hydrogen) atoms. The van der Waals surface area contributed by atoms with Crippen LogP contribution in [-0.4, -0.2) is 11.8 Å². The Morgan fingerprint density at radius 1 is 0.909 bits per heavy atom. The van der Waals surface area contributed by atoms with Gasteiger partial charge < -0.3 is 4.90 Å². The summed E-state index contributed by atoms with van der Waals surface area (Å²) in [4.78, 5) is 7.36. The summed E-state index contributed by atoms with van der Waals surface area (Å²) in [7, 11) is 0. The number of fused-ring (bicyclic) bond motifs is 1. The van der Waals surface area contributed by atoms with Gasteiger partial charge in [0, 0.05) is 5.69 Å². The number of nitrogens with zero attached hydrogens (tertiary/aromatic N) is 2. The molecule has 1 aliphatic heterocycles. The summed E-state index contributed by atoms with van der Waals surface area (Å²) in [5.41, 5.74) is 4.85. The van der Waals surface area contributed by atoms with Crippen molar-refractivity contribution < 1.29 is 0 Å². The second kappa shape index (κ2) is 5.30. The van der Waals surface area contributed by atoms with Crippen molar-refractivity contribution in [2.75, 3.05) is 4.90 Å². The molecule has 0 N–H and O–H groups in total. The monoisotopic (exact) mass is 286 g/mol. The van der Waals surface area contributed by atoms with E-state index in [1.54, 1.807) is 0 Å². The van der Waals surface area contributed by atoms with Gasteiger partial charge in [0.1, 0.15) is 6.17 Å². The molecule has 0 amide bonds. The highest BCUT2D eigenvalue weighted by atomic mass is 15.3. The van der Waals surface area contributed by atoms with Crippen molar-refractivity contribution in [1.29, 1.82) is 0 Å². The smallest absolute Gasteiger partial charge is 0.148 e. The molecule has 2 nitrogen and oxygen atoms in total. The third kappa shape index (κ3) is 2.17. The second-order valence-electron chi connectivity index (χ2n) is 5.77. The molecule has 4 rings (SSSR count). The van der Waals surface area contributed by atoms with Crippen LogP contribution in [0.4, 0.5) is 5.69 Å². The molecule has 108 valence electrons. The summed E-state index contributed by atoms with van der Waals surface area (Å²) in [5, 5.41) is 0. The SMILES string of the molecule is Cc1ccc(C2N=C3C=CC=CC3N2c2ccccc2)cc1. The van der Waals surface area contributed by atoms with Gasteiger partial charge in [0.2, 0.25) is 0 Å². The normalized spacial score (nSPS) is 22.6. The Morgan fingerprint density at radius 2 is 1.68 bits per heavy atom. The van der Waals surface area contributed by atoms with E-state index < -0.39 is 0 Å². The Labute approximate surface area is 131 Å². The van der Waals surface area contributed by atoms with Crippen molar-refractivity contribution in [3.8, 4) is 0 Å². The summed E-state index contributed by atoms with van der Waals surface area (Å²) in [6.07, 6.45) is 8.55. The molecule has 2 aromatic rings. The largest absolute Gasteiger partial charge is 0.334 e. The standard InChI is InChI=1S/C20H18N2/c1-15-11-13-16(14-12-15)20-21-18-9-5-6-10-19(18)22(20)17-7-3-2-4-8-17/h2-14,19-20H,1H3. The van der Waals surface area contributed by atoms with Crippen molar-refractivity contribution in [1.82, 2.24) is 0 Å². The van der Waals surface area contributed by atoms with Crippen molar-refractivity contribution in [2.24, 2.45) is 4.99 Å². The Morgan fingerprint density at radius 3 is 2.45 bits per heavy atom. The first kappa shape index (κ1) is 13.1. The van der Waals surface area contributed by atoms with Gasteiger partial charge in [0.05, 0.1) is 11.8 Å². The first-order valence-corrected chi connectivity index (χ1v) is 7.65. The molecular formula is C20H18N2. The van der Waals surface area contributed by atoms with Crippen LogP contribution in [-0.2, 0) is 0 Å². The molecule has 2 aromatic carbocycles. The summed E-state index contributed by atoms with van der Waals surface area (Å²) in [6.45, 7) is 2.12. The lowest BCUT2D eigenvalue weighted by molar-refractivity contribution is 0.696. The lowest BCUT2D eigenvalue weighted by Crippen LogP contribution is -2.35. The van der Waals surface area contributed by atoms with Crippen molar-refractivity contribution in [2.45, 2.75) is 19.1 Å². The number of allylic oxidation sites excluding steroid dienone is 2. The van der Waals surface area contributed by atoms with Crippen LogP contribution in [0.1, 0.15) is 17.3 Å². The van der Waals surface area contributed by atoms with Gasteiger partial charge in [-0.1, -0.05) is 66.3 Å². The first-order chi connectivity index (χ1) is 10.8. The van der Waals surface area contributed by atoms with Crippen LogP contribution in [0.15, 0.2) is 83.9 Å². The summed E-state index contributed by atoms with van der Waals surface area (Å²) < 4.78 is 0. The number of aliphatic imine (C=N–C) groups is 1. The molecule has 0 fully saturated rings. The predicted molar refractivity (Wildman–Crippen MR) is 92.3 cm³/mol. The average molecular weight is 286 g/mol. The quantitative estimate of drug-likeness (QED) is 0.796. The predicted octanol–water partition coefficient (Wildman–Crippen LogP) is 4.45. The Balaban J connectivity index is 1.80. The molecule has 0 spiro atoms. The number of benzene rings is 2. The lowest BCUT2D eigenvalue weighted by Gasteiger charge is -2.31. The minimum Gasteiger partial charge on any atom is -0.334 e. The van der Waals surface area contributed by atoms with E-state index in [-0.39, 0.29) is 12.2 Å². The van der Waals surface area contributed by atoms with Crippen LogP contribution < -0.4 is 4.90 Å². The molecule has 0 saturated heterocycles. The van der Waals surface area contributed by atoms with Gasteiger partial charge >= 0.3 is 0 Å². The van der Waals surface area contributed by atoms with Crippen molar-refractivity contribution in [3.63, 3.8) is 0 Å². The van der Waals surface area contributed by atoms with Gasteiger partial charge in [0.15, 0.2) is 0 Å². The lowest BCUT2D eigenvalue weighted by atomic mass is 10.0. The number of hydrogen-bond donors (Lipinski definition) is 0. The van der Waals surface area contributed by atoms with E-state index >= 15 is 0 Å². The van der Waals surface area contributed by atoms with E-state index in [1.807, 2.05) is 0 Å². The maximum atomic E-state index is 4.97. The minimum absolute atomic E-state index is 0.0374. The molecule has 2 aliphatic rings. The van der Waals surface area contributed by atoms with Gasteiger partial charge in [-0.2, -0.15) is 0 Å². The molecule has 1 heterocycles. The average Bonchev–Trinajstić information content (AvgIpc) is 2.96. The van der Waals surface area contributed by atoms with E-state index in [2.05, 4.69) is 90.7 Å². The van der Waals surface area contributed by atoms with Crippen LogP contribution in [0.5, 0.6) is 0 Å². The van der Waals surface area contributed by atoms with Gasteiger partial charge in [-0.05, 0) is 30.7 Å². The van der Waals surface area contributed by atoms with Crippen molar-refractivity contribution >= 4 is 11.4 Å². The maximum absolute atomic E-state index is 4.97. The zero-order valence-corrected chi connectivity index (χ0v) is 12.6. The van der Waals surface area contributed by atoms with E-state index in [4.69, 9.17) is 4.99 Å². The minimum atomic E-state index is 0.0374. The van der Waals surface area contributed by atoms with Crippen molar-refractivity contribution in [3.05, 3.63) is 90.0 Å². The fraction of sp³-hybridized carbons (Fsp3) is 0.150. The highest BCUT2D eigenvalue weighted by Gasteiger charge is 2.35. The molecule has 1 aliphatic carbocycles. The Kier molecular flexibility index (Phi) is 3.15.